The molecule has 1 aliphatic carbocycles. The first-order chi connectivity index (χ1) is 7.07. The minimum atomic E-state index is 0.356. The lowest BCUT2D eigenvalue weighted by molar-refractivity contribution is 0.212. The molecular weight excluding hydrogens is 184 g/mol. The predicted octanol–water partition coefficient (Wildman–Crippen LogP) is 2.25. The SMILES string of the molecule is CN(CC1CCCC1)C1CNC(C)(C)C1. The summed E-state index contributed by atoms with van der Waals surface area (Å²) >= 11 is 0. The molecule has 0 amide bonds. The Morgan fingerprint density at radius 3 is 2.47 bits per heavy atom. The van der Waals surface area contributed by atoms with Crippen LogP contribution >= 0.6 is 0 Å². The summed E-state index contributed by atoms with van der Waals surface area (Å²) in [5, 5.41) is 3.61. The molecule has 1 N–H and O–H groups in total. The van der Waals surface area contributed by atoms with Crippen LogP contribution in [-0.2, 0) is 0 Å². The van der Waals surface area contributed by atoms with E-state index in [2.05, 4.69) is 31.1 Å². The van der Waals surface area contributed by atoms with Crippen molar-refractivity contribution in [2.24, 2.45) is 5.92 Å². The van der Waals surface area contributed by atoms with Crippen molar-refractivity contribution < 1.29 is 0 Å². The minimum absolute atomic E-state index is 0.356. The van der Waals surface area contributed by atoms with Gasteiger partial charge in [0.1, 0.15) is 0 Å². The van der Waals surface area contributed by atoms with Crippen LogP contribution < -0.4 is 5.32 Å². The summed E-state index contributed by atoms with van der Waals surface area (Å²) in [6, 6.07) is 0.764. The summed E-state index contributed by atoms with van der Waals surface area (Å²) < 4.78 is 0. The second-order valence-corrected chi connectivity index (χ2v) is 6.21. The van der Waals surface area contributed by atoms with Crippen LogP contribution in [0.3, 0.4) is 0 Å². The number of hydrogen-bond acceptors (Lipinski definition) is 2. The summed E-state index contributed by atoms with van der Waals surface area (Å²) in [4.78, 5) is 2.59. The Hall–Kier alpha value is -0.0800. The molecule has 1 aliphatic heterocycles. The van der Waals surface area contributed by atoms with Gasteiger partial charge in [-0.1, -0.05) is 12.8 Å². The van der Waals surface area contributed by atoms with Gasteiger partial charge in [-0.15, -0.1) is 0 Å². The quantitative estimate of drug-likeness (QED) is 0.768. The van der Waals surface area contributed by atoms with Gasteiger partial charge in [0, 0.05) is 24.7 Å². The molecule has 88 valence electrons. The van der Waals surface area contributed by atoms with Crippen molar-refractivity contribution in [3.63, 3.8) is 0 Å². The van der Waals surface area contributed by atoms with E-state index in [0.29, 0.717) is 5.54 Å². The topological polar surface area (TPSA) is 15.3 Å². The first-order valence-electron chi connectivity index (χ1n) is 6.52. The average molecular weight is 210 g/mol. The highest BCUT2D eigenvalue weighted by Crippen LogP contribution is 2.27. The molecule has 15 heavy (non-hydrogen) atoms. The third-order valence-electron chi connectivity index (χ3n) is 4.21. The van der Waals surface area contributed by atoms with E-state index < -0.39 is 0 Å². The highest BCUT2D eigenvalue weighted by Gasteiger charge is 2.33. The molecule has 0 aromatic carbocycles. The van der Waals surface area contributed by atoms with Crippen molar-refractivity contribution in [1.82, 2.24) is 10.2 Å². The maximum Gasteiger partial charge on any atom is 0.0235 e. The molecule has 1 heterocycles. The van der Waals surface area contributed by atoms with Crippen LogP contribution in [0.1, 0.15) is 46.0 Å². The van der Waals surface area contributed by atoms with Gasteiger partial charge in [-0.25, -0.2) is 0 Å². The maximum atomic E-state index is 3.61. The van der Waals surface area contributed by atoms with E-state index in [-0.39, 0.29) is 0 Å². The number of nitrogens with one attached hydrogen (secondary N) is 1. The third kappa shape index (κ3) is 2.94. The molecule has 2 aliphatic rings. The van der Waals surface area contributed by atoms with Crippen LogP contribution in [0.25, 0.3) is 0 Å². The van der Waals surface area contributed by atoms with Gasteiger partial charge in [0.25, 0.3) is 0 Å². The van der Waals surface area contributed by atoms with Crippen molar-refractivity contribution in [3.05, 3.63) is 0 Å². The molecule has 0 spiro atoms. The molecule has 2 rings (SSSR count). The van der Waals surface area contributed by atoms with Gasteiger partial charge in [-0.3, -0.25) is 0 Å². The minimum Gasteiger partial charge on any atom is -0.310 e. The van der Waals surface area contributed by atoms with Crippen LogP contribution in [0.15, 0.2) is 0 Å². The van der Waals surface area contributed by atoms with Crippen LogP contribution in [0, 0.1) is 5.92 Å². The van der Waals surface area contributed by atoms with Gasteiger partial charge < -0.3 is 10.2 Å². The van der Waals surface area contributed by atoms with Crippen molar-refractivity contribution in [2.75, 3.05) is 20.1 Å². The zero-order chi connectivity index (χ0) is 10.9. The molecule has 0 radical (unpaired) electrons. The third-order valence-corrected chi connectivity index (χ3v) is 4.21. The molecule has 2 fully saturated rings. The zero-order valence-corrected chi connectivity index (χ0v) is 10.6. The largest absolute Gasteiger partial charge is 0.310 e. The van der Waals surface area contributed by atoms with Crippen LogP contribution in [0.2, 0.25) is 0 Å². The number of nitrogens with zero attached hydrogens (tertiary/aromatic N) is 1. The molecular formula is C13H26N2. The first kappa shape index (κ1) is 11.4. The molecule has 0 aromatic rings. The second kappa shape index (κ2) is 4.42. The Balaban J connectivity index is 1.78. The number of rotatable bonds is 3. The smallest absolute Gasteiger partial charge is 0.0235 e. The van der Waals surface area contributed by atoms with Crippen LogP contribution in [0.5, 0.6) is 0 Å². The Labute approximate surface area is 94.4 Å². The molecule has 1 saturated carbocycles. The Kier molecular flexibility index (Phi) is 3.36. The van der Waals surface area contributed by atoms with Gasteiger partial charge in [0.15, 0.2) is 0 Å². The first-order valence-corrected chi connectivity index (χ1v) is 6.52. The van der Waals surface area contributed by atoms with Gasteiger partial charge in [-0.05, 0) is 46.1 Å². The summed E-state index contributed by atoms with van der Waals surface area (Å²) in [5.41, 5.74) is 0.356. The summed E-state index contributed by atoms with van der Waals surface area (Å²) in [6.45, 7) is 7.13. The van der Waals surface area contributed by atoms with Crippen molar-refractivity contribution in [2.45, 2.75) is 57.5 Å². The highest BCUT2D eigenvalue weighted by molar-refractivity contribution is 4.94. The monoisotopic (exact) mass is 210 g/mol. The fraction of sp³-hybridized carbons (Fsp3) is 1.00. The Bertz CT molecular complexity index is 207. The number of likely N-dealkylation sites (N-methyl/N-ethyl adjacent to an activating group) is 1. The molecule has 0 aromatic heterocycles. The molecule has 1 unspecified atom stereocenters. The standard InChI is InChI=1S/C13H26N2/c1-13(2)8-12(9-14-13)15(3)10-11-6-4-5-7-11/h11-12,14H,4-10H2,1-3H3. The summed E-state index contributed by atoms with van der Waals surface area (Å²) in [7, 11) is 2.31. The van der Waals surface area contributed by atoms with Crippen LogP contribution in [-0.4, -0.2) is 36.6 Å². The fourth-order valence-electron chi connectivity index (χ4n) is 3.19. The molecule has 0 bridgehead atoms. The second-order valence-electron chi connectivity index (χ2n) is 6.21. The normalized spacial score (nSPS) is 31.6. The van der Waals surface area contributed by atoms with E-state index in [0.717, 1.165) is 12.0 Å². The zero-order valence-electron chi connectivity index (χ0n) is 10.6. The van der Waals surface area contributed by atoms with Gasteiger partial charge in [0.05, 0.1) is 0 Å². The molecule has 2 heteroatoms. The molecule has 1 saturated heterocycles. The molecule has 2 nitrogen and oxygen atoms in total. The molecule has 1 atom stereocenters. The number of hydrogen-bond donors (Lipinski definition) is 1. The average Bonchev–Trinajstić information content (AvgIpc) is 2.74. The van der Waals surface area contributed by atoms with Gasteiger partial charge in [-0.2, -0.15) is 0 Å². The van der Waals surface area contributed by atoms with E-state index in [1.54, 1.807) is 0 Å². The van der Waals surface area contributed by atoms with Crippen molar-refractivity contribution in [1.29, 1.82) is 0 Å². The van der Waals surface area contributed by atoms with E-state index in [4.69, 9.17) is 0 Å². The highest BCUT2D eigenvalue weighted by atomic mass is 15.2. The van der Waals surface area contributed by atoms with E-state index in [9.17, 15) is 0 Å². The lowest BCUT2D eigenvalue weighted by Gasteiger charge is -2.27. The summed E-state index contributed by atoms with van der Waals surface area (Å²) in [6.07, 6.45) is 7.16. The van der Waals surface area contributed by atoms with Gasteiger partial charge in [0.2, 0.25) is 0 Å². The van der Waals surface area contributed by atoms with E-state index in [1.807, 2.05) is 0 Å². The maximum absolute atomic E-state index is 3.61. The lowest BCUT2D eigenvalue weighted by Crippen LogP contribution is -2.36. The van der Waals surface area contributed by atoms with Crippen LogP contribution in [0.4, 0.5) is 0 Å². The predicted molar refractivity (Wildman–Crippen MR) is 65.1 cm³/mol. The Morgan fingerprint density at radius 1 is 1.27 bits per heavy atom. The summed E-state index contributed by atoms with van der Waals surface area (Å²) in [5.74, 6) is 0.985. The van der Waals surface area contributed by atoms with Gasteiger partial charge >= 0.3 is 0 Å². The lowest BCUT2D eigenvalue weighted by atomic mass is 10.00. The van der Waals surface area contributed by atoms with Crippen molar-refractivity contribution >= 4 is 0 Å². The van der Waals surface area contributed by atoms with Crippen molar-refractivity contribution in [3.8, 4) is 0 Å². The Morgan fingerprint density at radius 2 is 1.93 bits per heavy atom. The van der Waals surface area contributed by atoms with E-state index >= 15 is 0 Å². The fourth-order valence-corrected chi connectivity index (χ4v) is 3.19. The van der Waals surface area contributed by atoms with E-state index in [1.165, 1.54) is 45.2 Å².